The highest BCUT2D eigenvalue weighted by Gasteiger charge is 2.31. The summed E-state index contributed by atoms with van der Waals surface area (Å²) >= 11 is 1.29. The Morgan fingerprint density at radius 3 is 2.53 bits per heavy atom. The van der Waals surface area contributed by atoms with Gasteiger partial charge < -0.3 is 19.7 Å². The summed E-state index contributed by atoms with van der Waals surface area (Å²) < 4.78 is 11.4. The second kappa shape index (κ2) is 11.2. The van der Waals surface area contributed by atoms with E-state index in [2.05, 4.69) is 10.3 Å². The lowest BCUT2D eigenvalue weighted by atomic mass is 10.0. The maximum absolute atomic E-state index is 13.3. The number of ketones is 1. The zero-order chi connectivity index (χ0) is 26.3. The number of benzene rings is 2. The Bertz CT molecular complexity index is 1560. The van der Waals surface area contributed by atoms with Gasteiger partial charge >= 0.3 is 0 Å². The molecule has 198 valence electrons. The second-order valence-corrected chi connectivity index (χ2v) is 10.1. The van der Waals surface area contributed by atoms with E-state index in [1.807, 2.05) is 19.1 Å². The van der Waals surface area contributed by atoms with Crippen molar-refractivity contribution in [1.29, 1.82) is 0 Å². The molecule has 0 radical (unpaired) electrons. The molecule has 0 saturated carbocycles. The highest BCUT2D eigenvalue weighted by atomic mass is 35.5. The average molecular weight is 554 g/mol. The van der Waals surface area contributed by atoms with Gasteiger partial charge in [-0.1, -0.05) is 12.1 Å². The van der Waals surface area contributed by atoms with Crippen LogP contribution in [0, 0.1) is 6.92 Å². The third-order valence-corrected chi connectivity index (χ3v) is 8.05. The number of carbonyl (C=O) groups excluding carboxylic acids is 3. The zero-order valence-electron chi connectivity index (χ0n) is 21.5. The maximum Gasteiger partial charge on any atom is 0.267 e. The van der Waals surface area contributed by atoms with Gasteiger partial charge in [0, 0.05) is 53.9 Å². The van der Waals surface area contributed by atoms with Gasteiger partial charge in [0.1, 0.15) is 5.82 Å². The Morgan fingerprint density at radius 1 is 1.08 bits per heavy atom. The van der Waals surface area contributed by atoms with Crippen LogP contribution in [0.25, 0.3) is 21.0 Å². The normalized spacial score (nSPS) is 13.3. The number of ether oxygens (including phenoxy) is 2. The number of Topliss-reactive ketones (excluding diaryl/α,β-unsaturated/α-hetero) is 1. The third-order valence-electron chi connectivity index (χ3n) is 6.72. The first-order chi connectivity index (χ1) is 17.8. The lowest BCUT2D eigenvalue weighted by Gasteiger charge is -2.38. The van der Waals surface area contributed by atoms with E-state index in [0.717, 1.165) is 26.6 Å². The van der Waals surface area contributed by atoms with Crippen molar-refractivity contribution in [3.63, 3.8) is 0 Å². The van der Waals surface area contributed by atoms with Crippen molar-refractivity contribution in [3.05, 3.63) is 69.6 Å². The quantitative estimate of drug-likeness (QED) is 0.314. The van der Waals surface area contributed by atoms with Gasteiger partial charge in [-0.05, 0) is 55.3 Å². The monoisotopic (exact) mass is 553 g/mol. The van der Waals surface area contributed by atoms with E-state index in [9.17, 15) is 14.4 Å². The molecule has 10 heteroatoms. The van der Waals surface area contributed by atoms with Crippen LogP contribution < -0.4 is 5.32 Å². The minimum absolute atomic E-state index is 0. The minimum Gasteiger partial charge on any atom is -0.380 e. The van der Waals surface area contributed by atoms with Crippen LogP contribution in [0.1, 0.15) is 48.4 Å². The summed E-state index contributed by atoms with van der Waals surface area (Å²) in [5.74, 6) is -0.0423. The molecule has 1 fully saturated rings. The van der Waals surface area contributed by atoms with Crippen LogP contribution >= 0.6 is 23.7 Å². The molecular weight excluding hydrogens is 526 g/mol. The number of aromatic nitrogens is 1. The number of likely N-dealkylation sites (tertiary alicyclic amines) is 1. The van der Waals surface area contributed by atoms with Gasteiger partial charge in [0.15, 0.2) is 5.78 Å². The summed E-state index contributed by atoms with van der Waals surface area (Å²) in [4.78, 5) is 45.4. The Morgan fingerprint density at radius 2 is 1.84 bits per heavy atom. The van der Waals surface area contributed by atoms with Gasteiger partial charge in [0.2, 0.25) is 0 Å². The van der Waals surface area contributed by atoms with E-state index in [1.54, 1.807) is 49.5 Å². The molecular formula is C28H28ClN3O5S. The Kier molecular flexibility index (Phi) is 8.13. The van der Waals surface area contributed by atoms with E-state index >= 15 is 0 Å². The fourth-order valence-corrected chi connectivity index (χ4v) is 6.02. The number of pyridine rings is 1. The van der Waals surface area contributed by atoms with E-state index in [1.165, 1.54) is 18.3 Å². The summed E-state index contributed by atoms with van der Waals surface area (Å²) in [5, 5.41) is 4.49. The SMILES string of the molecule is COCc1ccc(C(C)=O)c2sc(C(=O)Nc3ccc4c(C(=O)N5CC(OC)C5)cccc4n3)c(C)c12.Cl. The van der Waals surface area contributed by atoms with E-state index in [4.69, 9.17) is 9.47 Å². The lowest BCUT2D eigenvalue weighted by Crippen LogP contribution is -2.54. The number of nitrogens with one attached hydrogen (secondary N) is 1. The van der Waals surface area contributed by atoms with Crippen molar-refractivity contribution in [1.82, 2.24) is 9.88 Å². The average Bonchev–Trinajstić information content (AvgIpc) is 3.20. The lowest BCUT2D eigenvalue weighted by molar-refractivity contribution is -0.0191. The standard InChI is InChI=1S/C28H27N3O5S.ClH/c1-15-24-17(14-35-3)8-9-19(16(2)32)26(24)37-25(15)27(33)30-23-11-10-20-21(6-5-7-22(20)29-23)28(34)31-12-18(13-31)36-4;/h5-11,18H,12-14H2,1-4H3,(H,29,30,33);1H. The number of nitrogens with zero attached hydrogens (tertiary/aromatic N) is 2. The van der Waals surface area contributed by atoms with Gasteiger partial charge in [-0.15, -0.1) is 23.7 Å². The topological polar surface area (TPSA) is 97.8 Å². The van der Waals surface area contributed by atoms with Crippen LogP contribution in [0.5, 0.6) is 0 Å². The van der Waals surface area contributed by atoms with Gasteiger partial charge in [0.25, 0.3) is 11.8 Å². The number of amides is 2. The summed E-state index contributed by atoms with van der Waals surface area (Å²) in [5.41, 5.74) is 3.49. The Balaban J connectivity index is 0.00000336. The molecule has 1 saturated heterocycles. The largest absolute Gasteiger partial charge is 0.380 e. The molecule has 4 aromatic rings. The molecule has 0 spiro atoms. The fraction of sp³-hybridized carbons (Fsp3) is 0.286. The van der Waals surface area contributed by atoms with Crippen molar-refractivity contribution in [2.45, 2.75) is 26.6 Å². The molecule has 1 aliphatic rings. The van der Waals surface area contributed by atoms with E-state index in [0.29, 0.717) is 47.0 Å². The number of fused-ring (bicyclic) bond motifs is 2. The predicted molar refractivity (Wildman–Crippen MR) is 151 cm³/mol. The van der Waals surface area contributed by atoms with Gasteiger partial charge in [-0.25, -0.2) is 4.98 Å². The molecule has 2 amide bonds. The molecule has 1 aliphatic heterocycles. The molecule has 3 heterocycles. The van der Waals surface area contributed by atoms with E-state index in [-0.39, 0.29) is 36.1 Å². The molecule has 38 heavy (non-hydrogen) atoms. The molecule has 1 N–H and O–H groups in total. The number of thiophene rings is 1. The second-order valence-electron chi connectivity index (χ2n) is 9.11. The molecule has 0 unspecified atom stereocenters. The zero-order valence-corrected chi connectivity index (χ0v) is 23.1. The van der Waals surface area contributed by atoms with Crippen LogP contribution in [0.15, 0.2) is 42.5 Å². The number of aryl methyl sites for hydroxylation is 1. The predicted octanol–water partition coefficient (Wildman–Crippen LogP) is 5.25. The maximum atomic E-state index is 13.3. The highest BCUT2D eigenvalue weighted by molar-refractivity contribution is 7.21. The molecule has 2 aromatic carbocycles. The number of halogens is 1. The van der Waals surface area contributed by atoms with Gasteiger partial charge in [-0.3, -0.25) is 14.4 Å². The molecule has 0 aliphatic carbocycles. The Labute approximate surface area is 230 Å². The number of hydrogen-bond donors (Lipinski definition) is 1. The van der Waals surface area contributed by atoms with Gasteiger partial charge in [0.05, 0.1) is 23.1 Å². The van der Waals surface area contributed by atoms with Gasteiger partial charge in [-0.2, -0.15) is 0 Å². The van der Waals surface area contributed by atoms with Crippen LogP contribution in [0.3, 0.4) is 0 Å². The first-order valence-corrected chi connectivity index (χ1v) is 12.7. The fourth-order valence-electron chi connectivity index (χ4n) is 4.71. The first kappa shape index (κ1) is 27.7. The smallest absolute Gasteiger partial charge is 0.267 e. The molecule has 5 rings (SSSR count). The first-order valence-electron chi connectivity index (χ1n) is 11.9. The van der Waals surface area contributed by atoms with Crippen molar-refractivity contribution < 1.29 is 23.9 Å². The van der Waals surface area contributed by atoms with Crippen LogP contribution in [0.4, 0.5) is 5.82 Å². The molecule has 0 bridgehead atoms. The molecule has 0 atom stereocenters. The van der Waals surface area contributed by atoms with Crippen LogP contribution in [-0.4, -0.2) is 60.9 Å². The summed E-state index contributed by atoms with van der Waals surface area (Å²) in [6.45, 7) is 4.92. The van der Waals surface area contributed by atoms with Crippen molar-refractivity contribution in [2.75, 3.05) is 32.6 Å². The molecule has 2 aromatic heterocycles. The van der Waals surface area contributed by atoms with Crippen molar-refractivity contribution >= 4 is 68.1 Å². The number of carbonyl (C=O) groups is 3. The van der Waals surface area contributed by atoms with Crippen molar-refractivity contribution in [3.8, 4) is 0 Å². The highest BCUT2D eigenvalue weighted by Crippen LogP contribution is 2.37. The van der Waals surface area contributed by atoms with Crippen LogP contribution in [-0.2, 0) is 16.1 Å². The number of rotatable bonds is 7. The number of hydrogen-bond acceptors (Lipinski definition) is 7. The molecule has 8 nitrogen and oxygen atoms in total. The number of anilines is 1. The minimum atomic E-state index is -0.304. The third kappa shape index (κ3) is 4.90. The van der Waals surface area contributed by atoms with Crippen molar-refractivity contribution in [2.24, 2.45) is 0 Å². The Hall–Kier alpha value is -3.37. The van der Waals surface area contributed by atoms with Crippen LogP contribution in [0.2, 0.25) is 0 Å². The number of methoxy groups -OCH3 is 2. The summed E-state index contributed by atoms with van der Waals surface area (Å²) in [7, 11) is 3.26. The summed E-state index contributed by atoms with van der Waals surface area (Å²) in [6.07, 6.45) is 0.0772. The summed E-state index contributed by atoms with van der Waals surface area (Å²) in [6, 6.07) is 12.6. The van der Waals surface area contributed by atoms with E-state index < -0.39 is 0 Å².